The molecule has 0 unspecified atom stereocenters. The maximum atomic E-state index is 8.89. The van der Waals surface area contributed by atoms with Crippen LogP contribution in [0.15, 0.2) is 12.1 Å². The van der Waals surface area contributed by atoms with E-state index in [9.17, 15) is 0 Å². The third-order valence-electron chi connectivity index (χ3n) is 1.95. The Hall–Kier alpha value is -2.23. The quantitative estimate of drug-likeness (QED) is 0.158. The molecule has 0 heterocycles. The second-order valence-electron chi connectivity index (χ2n) is 4.67. The van der Waals surface area contributed by atoms with Gasteiger partial charge < -0.3 is 53.4 Å². The minimum atomic E-state index is -1.08. The van der Waals surface area contributed by atoms with Gasteiger partial charge in [-0.3, -0.25) is 0 Å². The third kappa shape index (κ3) is 33.4. The van der Waals surface area contributed by atoms with Crippen molar-refractivity contribution < 1.29 is 73.8 Å². The molecule has 0 aliphatic rings. The molecule has 0 amide bonds. The fraction of sp³-hybridized carbons (Fsp3) is 0.500. The summed E-state index contributed by atoms with van der Waals surface area (Å²) in [5, 5.41) is 26.7. The van der Waals surface area contributed by atoms with E-state index in [4.69, 9.17) is 53.4 Å². The van der Waals surface area contributed by atoms with Crippen LogP contribution < -0.4 is 24.8 Å². The van der Waals surface area contributed by atoms with Crippen molar-refractivity contribution in [3.8, 4) is 11.5 Å². The van der Waals surface area contributed by atoms with Crippen molar-refractivity contribution >= 4 is 17.9 Å². The predicted molar refractivity (Wildman–Crippen MR) is 93.0 cm³/mol. The Morgan fingerprint density at radius 3 is 1.67 bits per heavy atom. The molecule has 1 aromatic rings. The van der Waals surface area contributed by atoms with E-state index in [0.29, 0.717) is 18.1 Å². The number of carboxylic acids is 3. The minimum absolute atomic E-state index is 0. The number of aliphatic carboxylic acids is 3. The first-order chi connectivity index (χ1) is 13.5. The number of hydrogen-bond acceptors (Lipinski definition) is 11. The van der Waals surface area contributed by atoms with Crippen molar-refractivity contribution in [1.82, 2.24) is 0 Å². The van der Waals surface area contributed by atoms with Crippen molar-refractivity contribution in [2.75, 3.05) is 34.9 Å². The first-order valence-corrected chi connectivity index (χ1v) is 7.81. The van der Waals surface area contributed by atoms with Crippen LogP contribution in [-0.2, 0) is 55.6 Å². The Bertz CT molecular complexity index is 539. The van der Waals surface area contributed by atoms with E-state index < -0.39 is 17.9 Å². The molecule has 0 spiro atoms. The molecule has 0 saturated heterocycles. The molecule has 0 N–H and O–H groups in total. The third-order valence-corrected chi connectivity index (χ3v) is 1.95. The van der Waals surface area contributed by atoms with Gasteiger partial charge in [-0.1, -0.05) is 0 Å². The van der Waals surface area contributed by atoms with E-state index >= 15 is 0 Å². The molecular weight excluding hydrogens is 499 g/mol. The van der Waals surface area contributed by atoms with E-state index in [1.165, 1.54) is 0 Å². The monoisotopic (exact) mass is 524 g/mol. The van der Waals surface area contributed by atoms with Gasteiger partial charge in [0.2, 0.25) is 0 Å². The van der Waals surface area contributed by atoms with Crippen LogP contribution in [-0.4, -0.2) is 52.8 Å². The summed E-state index contributed by atoms with van der Waals surface area (Å²) >= 11 is 0. The van der Waals surface area contributed by atoms with Gasteiger partial charge >= 0.3 is 0 Å². The van der Waals surface area contributed by atoms with Gasteiger partial charge in [-0.15, -0.1) is 17.7 Å². The van der Waals surface area contributed by atoms with E-state index in [1.807, 2.05) is 0 Å². The predicted octanol–water partition coefficient (Wildman–Crippen LogP) is -2.14. The van der Waals surface area contributed by atoms with Crippen LogP contribution >= 0.6 is 0 Å². The molecule has 178 valence electrons. The maximum Gasteiger partial charge on any atom is 0.185 e. The summed E-state index contributed by atoms with van der Waals surface area (Å²) in [4.78, 5) is 26.7. The number of rotatable bonds is 8. The van der Waals surface area contributed by atoms with E-state index in [2.05, 4.69) is 6.07 Å². The summed E-state index contributed by atoms with van der Waals surface area (Å²) in [6, 6.07) is 6.54. The SMILES string of the molecule is CC(=O)[O-].CC(=O)[O-].CC(=O)[O-].COCOCc1[c-]cc(OC)c(OCOC)c1.[Pd]. The zero-order valence-corrected chi connectivity index (χ0v) is 19.1. The standard InChI is InChI=1S/C12H17O5.3C2H4O2.Pd/c1-13-8-16-7-10-4-5-11(15-3)12(6-10)17-9-14-2;3*1-2(3)4;/h5-6H,7-9H2,1-3H3;3*1H3,(H,3,4);/q-1;;;;/p-3. The van der Waals surface area contributed by atoms with Crippen LogP contribution in [0.4, 0.5) is 0 Å². The summed E-state index contributed by atoms with van der Waals surface area (Å²) in [5.74, 6) is -2.04. The normalized spacial score (nSPS) is 8.33. The van der Waals surface area contributed by atoms with Crippen molar-refractivity contribution in [3.63, 3.8) is 0 Å². The summed E-state index contributed by atoms with van der Waals surface area (Å²) < 4.78 is 25.4. The molecule has 0 atom stereocenters. The second-order valence-corrected chi connectivity index (χ2v) is 4.67. The largest absolute Gasteiger partial charge is 0.551 e. The fourth-order valence-corrected chi connectivity index (χ4v) is 1.21. The Kier molecular flexibility index (Phi) is 29.1. The Morgan fingerprint density at radius 2 is 1.30 bits per heavy atom. The minimum Gasteiger partial charge on any atom is -0.551 e. The van der Waals surface area contributed by atoms with Gasteiger partial charge in [0.15, 0.2) is 6.79 Å². The fourth-order valence-electron chi connectivity index (χ4n) is 1.21. The molecule has 0 bridgehead atoms. The molecule has 0 aliphatic heterocycles. The van der Waals surface area contributed by atoms with Crippen molar-refractivity contribution in [3.05, 3.63) is 23.8 Å². The zero-order valence-electron chi connectivity index (χ0n) is 17.6. The van der Waals surface area contributed by atoms with E-state index in [0.717, 1.165) is 26.3 Å². The maximum absolute atomic E-state index is 8.89. The Morgan fingerprint density at radius 1 is 0.867 bits per heavy atom. The molecular formula is C18H26O11Pd-4. The van der Waals surface area contributed by atoms with E-state index in [-0.39, 0.29) is 34.0 Å². The van der Waals surface area contributed by atoms with Crippen LogP contribution in [0, 0.1) is 6.07 Å². The molecule has 0 saturated carbocycles. The van der Waals surface area contributed by atoms with Crippen molar-refractivity contribution in [1.29, 1.82) is 0 Å². The summed E-state index contributed by atoms with van der Waals surface area (Å²) in [7, 11) is 4.71. The van der Waals surface area contributed by atoms with Crippen LogP contribution in [0.1, 0.15) is 26.3 Å². The molecule has 0 aromatic heterocycles. The zero-order chi connectivity index (χ0) is 23.2. The molecule has 30 heavy (non-hydrogen) atoms. The topological polar surface area (TPSA) is 167 Å². The van der Waals surface area contributed by atoms with Gasteiger partial charge in [-0.25, -0.2) is 0 Å². The van der Waals surface area contributed by atoms with Gasteiger partial charge in [-0.2, -0.15) is 6.07 Å². The Balaban J connectivity index is -0.000000215. The van der Waals surface area contributed by atoms with Gasteiger partial charge in [0.1, 0.15) is 6.79 Å². The summed E-state index contributed by atoms with van der Waals surface area (Å²) in [6.45, 7) is 3.73. The number of ether oxygens (including phenoxy) is 5. The number of benzene rings is 1. The molecule has 0 aliphatic carbocycles. The van der Waals surface area contributed by atoms with Gasteiger partial charge in [0.05, 0.1) is 19.5 Å². The molecule has 1 aromatic carbocycles. The molecule has 0 fully saturated rings. The first kappa shape index (κ1) is 35.2. The summed E-state index contributed by atoms with van der Waals surface area (Å²) in [6.07, 6.45) is 0. The van der Waals surface area contributed by atoms with Crippen molar-refractivity contribution in [2.24, 2.45) is 0 Å². The molecule has 12 heteroatoms. The number of carboxylic acid groups (broad SMARTS) is 3. The Labute approximate surface area is 189 Å². The first-order valence-electron chi connectivity index (χ1n) is 7.81. The number of carbonyl (C=O) groups is 3. The average molecular weight is 525 g/mol. The number of carbonyl (C=O) groups excluding carboxylic acids is 3. The summed E-state index contributed by atoms with van der Waals surface area (Å²) in [5.41, 5.74) is 0.856. The van der Waals surface area contributed by atoms with Crippen molar-refractivity contribution in [2.45, 2.75) is 27.4 Å². The van der Waals surface area contributed by atoms with E-state index in [1.54, 1.807) is 33.5 Å². The van der Waals surface area contributed by atoms with Crippen LogP contribution in [0.25, 0.3) is 0 Å². The average Bonchev–Trinajstić information content (AvgIpc) is 2.59. The molecule has 0 radical (unpaired) electrons. The van der Waals surface area contributed by atoms with Gasteiger partial charge in [0.25, 0.3) is 0 Å². The second kappa shape index (κ2) is 24.8. The van der Waals surface area contributed by atoms with Gasteiger partial charge in [-0.05, 0) is 20.8 Å². The van der Waals surface area contributed by atoms with Gasteiger partial charge in [0, 0.05) is 58.3 Å². The number of methoxy groups -OCH3 is 3. The van der Waals surface area contributed by atoms with Crippen LogP contribution in [0.3, 0.4) is 0 Å². The molecule has 1 rings (SSSR count). The molecule has 11 nitrogen and oxygen atoms in total. The number of hydrogen-bond donors (Lipinski definition) is 0. The smallest absolute Gasteiger partial charge is 0.185 e. The van der Waals surface area contributed by atoms with Crippen LogP contribution in [0.5, 0.6) is 11.5 Å². The van der Waals surface area contributed by atoms with Crippen LogP contribution in [0.2, 0.25) is 0 Å².